The molecular formula is C13H14Cl2N2O2S. The third-order valence-electron chi connectivity index (χ3n) is 2.92. The van der Waals surface area contributed by atoms with Crippen LogP contribution in [0.2, 0.25) is 10.0 Å². The summed E-state index contributed by atoms with van der Waals surface area (Å²) in [5.74, 6) is -0.364. The number of amides is 1. The maximum atomic E-state index is 12.0. The van der Waals surface area contributed by atoms with Gasteiger partial charge in [-0.1, -0.05) is 23.2 Å². The molecule has 1 aromatic carbocycles. The van der Waals surface area contributed by atoms with Crippen molar-refractivity contribution < 1.29 is 9.53 Å². The van der Waals surface area contributed by atoms with E-state index in [1.165, 1.54) is 6.07 Å². The van der Waals surface area contributed by atoms with Gasteiger partial charge >= 0.3 is 0 Å². The standard InChI is InChI=1S/C13H14Cl2N2O2S/c14-8-3-4-10(11(15)6-8)12(18)17-13(20)16-7-9-2-1-5-19-9/h3-4,6,9H,1-2,5,7H2,(H2,16,17,18,20)/t9-/m0/s1. The third kappa shape index (κ3) is 4.31. The van der Waals surface area contributed by atoms with Crippen LogP contribution in [0, 0.1) is 0 Å². The Morgan fingerprint density at radius 1 is 1.45 bits per heavy atom. The zero-order chi connectivity index (χ0) is 14.5. The van der Waals surface area contributed by atoms with Crippen molar-refractivity contribution in [3.63, 3.8) is 0 Å². The fourth-order valence-corrected chi connectivity index (χ4v) is 2.57. The molecule has 108 valence electrons. The average Bonchev–Trinajstić information content (AvgIpc) is 2.89. The highest BCUT2D eigenvalue weighted by Crippen LogP contribution is 2.20. The fraction of sp³-hybridized carbons (Fsp3) is 0.385. The van der Waals surface area contributed by atoms with Crippen LogP contribution in [0.15, 0.2) is 18.2 Å². The van der Waals surface area contributed by atoms with E-state index in [0.717, 1.165) is 19.4 Å². The average molecular weight is 333 g/mol. The van der Waals surface area contributed by atoms with Gasteiger partial charge in [-0.15, -0.1) is 0 Å². The van der Waals surface area contributed by atoms with Crippen LogP contribution in [0.3, 0.4) is 0 Å². The quantitative estimate of drug-likeness (QED) is 0.835. The van der Waals surface area contributed by atoms with Crippen LogP contribution in [0.25, 0.3) is 0 Å². The normalized spacial score (nSPS) is 17.8. The van der Waals surface area contributed by atoms with E-state index in [4.69, 9.17) is 40.2 Å². The summed E-state index contributed by atoms with van der Waals surface area (Å²) in [5.41, 5.74) is 0.331. The Bertz CT molecular complexity index is 519. The molecule has 0 aliphatic carbocycles. The predicted octanol–water partition coefficient (Wildman–Crippen LogP) is 2.78. The summed E-state index contributed by atoms with van der Waals surface area (Å²) in [7, 11) is 0. The first-order chi connectivity index (χ1) is 9.56. The minimum absolute atomic E-state index is 0.156. The number of carbonyl (C=O) groups is 1. The van der Waals surface area contributed by atoms with Gasteiger partial charge in [-0.2, -0.15) is 0 Å². The Kier molecular flexibility index (Phi) is 5.60. The molecule has 20 heavy (non-hydrogen) atoms. The molecule has 1 amide bonds. The molecule has 0 radical (unpaired) electrons. The minimum Gasteiger partial charge on any atom is -0.376 e. The smallest absolute Gasteiger partial charge is 0.258 e. The highest BCUT2D eigenvalue weighted by atomic mass is 35.5. The van der Waals surface area contributed by atoms with Crippen LogP contribution in [-0.2, 0) is 4.74 Å². The van der Waals surface area contributed by atoms with Crippen molar-refractivity contribution in [3.05, 3.63) is 33.8 Å². The van der Waals surface area contributed by atoms with Crippen molar-refractivity contribution in [2.45, 2.75) is 18.9 Å². The van der Waals surface area contributed by atoms with Crippen molar-refractivity contribution in [2.24, 2.45) is 0 Å². The van der Waals surface area contributed by atoms with Gasteiger partial charge in [0.2, 0.25) is 0 Å². The Hall–Kier alpha value is -0.880. The van der Waals surface area contributed by atoms with Gasteiger partial charge in [0.15, 0.2) is 5.11 Å². The van der Waals surface area contributed by atoms with Crippen LogP contribution in [0.4, 0.5) is 0 Å². The molecule has 2 rings (SSSR count). The molecule has 0 bridgehead atoms. The summed E-state index contributed by atoms with van der Waals surface area (Å²) in [4.78, 5) is 12.0. The van der Waals surface area contributed by atoms with Crippen molar-refractivity contribution in [3.8, 4) is 0 Å². The largest absolute Gasteiger partial charge is 0.376 e. The number of halogens is 2. The number of ether oxygens (including phenoxy) is 1. The van der Waals surface area contributed by atoms with Gasteiger partial charge in [0.1, 0.15) is 0 Å². The Morgan fingerprint density at radius 3 is 2.90 bits per heavy atom. The predicted molar refractivity (Wildman–Crippen MR) is 83.5 cm³/mol. The second-order valence-electron chi connectivity index (χ2n) is 4.42. The molecule has 4 nitrogen and oxygen atoms in total. The van der Waals surface area contributed by atoms with E-state index in [1.54, 1.807) is 12.1 Å². The number of carbonyl (C=O) groups excluding carboxylic acids is 1. The number of thiocarbonyl (C=S) groups is 1. The maximum absolute atomic E-state index is 12.0. The maximum Gasteiger partial charge on any atom is 0.258 e. The number of nitrogens with one attached hydrogen (secondary N) is 2. The summed E-state index contributed by atoms with van der Waals surface area (Å²) in [6, 6.07) is 4.68. The lowest BCUT2D eigenvalue weighted by Crippen LogP contribution is -2.42. The second kappa shape index (κ2) is 7.22. The van der Waals surface area contributed by atoms with Crippen molar-refractivity contribution in [2.75, 3.05) is 13.2 Å². The molecule has 0 aromatic heterocycles. The summed E-state index contributed by atoms with van der Waals surface area (Å²) in [6.07, 6.45) is 2.22. The molecule has 1 fully saturated rings. The molecule has 0 spiro atoms. The topological polar surface area (TPSA) is 50.4 Å². The van der Waals surface area contributed by atoms with E-state index in [0.29, 0.717) is 17.1 Å². The molecule has 1 aliphatic heterocycles. The van der Waals surface area contributed by atoms with E-state index in [2.05, 4.69) is 10.6 Å². The lowest BCUT2D eigenvalue weighted by Gasteiger charge is -2.13. The zero-order valence-corrected chi connectivity index (χ0v) is 12.9. The lowest BCUT2D eigenvalue weighted by molar-refractivity contribution is 0.0973. The monoisotopic (exact) mass is 332 g/mol. The number of benzene rings is 1. The minimum atomic E-state index is -0.364. The van der Waals surface area contributed by atoms with Crippen molar-refractivity contribution in [1.82, 2.24) is 10.6 Å². The zero-order valence-electron chi connectivity index (χ0n) is 10.6. The summed E-state index contributed by atoms with van der Waals surface area (Å²) >= 11 is 16.8. The third-order valence-corrected chi connectivity index (χ3v) is 3.71. The molecule has 7 heteroatoms. The Labute approximate surface area is 132 Å². The van der Waals surface area contributed by atoms with Crippen molar-refractivity contribution in [1.29, 1.82) is 0 Å². The van der Waals surface area contributed by atoms with Gasteiger partial charge in [0.05, 0.1) is 16.7 Å². The van der Waals surface area contributed by atoms with E-state index in [9.17, 15) is 4.79 Å². The first kappa shape index (κ1) is 15.5. The molecule has 0 saturated carbocycles. The number of hydrogen-bond acceptors (Lipinski definition) is 3. The summed E-state index contributed by atoms with van der Waals surface area (Å²) in [5, 5.41) is 6.57. The van der Waals surface area contributed by atoms with Crippen molar-refractivity contribution >= 4 is 46.4 Å². The number of hydrogen-bond donors (Lipinski definition) is 2. The summed E-state index contributed by atoms with van der Waals surface area (Å²) in [6.45, 7) is 1.37. The highest BCUT2D eigenvalue weighted by molar-refractivity contribution is 7.80. The van der Waals surface area contributed by atoms with Gasteiger partial charge in [0, 0.05) is 18.2 Å². The summed E-state index contributed by atoms with van der Waals surface area (Å²) < 4.78 is 5.45. The van der Waals surface area contributed by atoms with Crippen LogP contribution < -0.4 is 10.6 Å². The van der Waals surface area contributed by atoms with Gasteiger partial charge in [-0.25, -0.2) is 0 Å². The Morgan fingerprint density at radius 2 is 2.25 bits per heavy atom. The molecule has 1 atom stereocenters. The first-order valence-electron chi connectivity index (χ1n) is 6.22. The lowest BCUT2D eigenvalue weighted by atomic mass is 10.2. The van der Waals surface area contributed by atoms with E-state index in [1.807, 2.05) is 0 Å². The highest BCUT2D eigenvalue weighted by Gasteiger charge is 2.16. The van der Waals surface area contributed by atoms with Crippen LogP contribution in [0.1, 0.15) is 23.2 Å². The van der Waals surface area contributed by atoms with Gasteiger partial charge in [-0.3, -0.25) is 10.1 Å². The van der Waals surface area contributed by atoms with Crippen LogP contribution in [-0.4, -0.2) is 30.3 Å². The number of rotatable bonds is 3. The molecule has 0 unspecified atom stereocenters. The fourth-order valence-electron chi connectivity index (χ4n) is 1.90. The SMILES string of the molecule is O=C(NC(=S)NC[C@@H]1CCCO1)c1ccc(Cl)cc1Cl. The van der Waals surface area contributed by atoms with Gasteiger partial charge in [0.25, 0.3) is 5.91 Å². The van der Waals surface area contributed by atoms with Gasteiger partial charge in [-0.05, 0) is 43.3 Å². The van der Waals surface area contributed by atoms with Crippen LogP contribution >= 0.6 is 35.4 Å². The van der Waals surface area contributed by atoms with E-state index >= 15 is 0 Å². The molecule has 1 aromatic rings. The molecule has 1 aliphatic rings. The Balaban J connectivity index is 1.85. The van der Waals surface area contributed by atoms with E-state index < -0.39 is 0 Å². The first-order valence-corrected chi connectivity index (χ1v) is 7.38. The molecule has 1 saturated heterocycles. The van der Waals surface area contributed by atoms with Crippen LogP contribution in [0.5, 0.6) is 0 Å². The second-order valence-corrected chi connectivity index (χ2v) is 5.68. The van der Waals surface area contributed by atoms with E-state index in [-0.39, 0.29) is 22.1 Å². The molecule has 1 heterocycles. The van der Waals surface area contributed by atoms with Gasteiger partial charge < -0.3 is 10.1 Å². The molecule has 2 N–H and O–H groups in total. The molecular weight excluding hydrogens is 319 g/mol.